The number of hydrogen-bond acceptors (Lipinski definition) is 5. The van der Waals surface area contributed by atoms with Crippen molar-refractivity contribution in [2.45, 2.75) is 0 Å². The average molecular weight is 199 g/mol. The molecule has 0 spiro atoms. The predicted molar refractivity (Wildman–Crippen MR) is 50.4 cm³/mol. The van der Waals surface area contributed by atoms with Gasteiger partial charge in [-0.1, -0.05) is 11.8 Å². The largest absolute Gasteiger partial charge is 0.355 e. The molecule has 0 bridgehead atoms. The monoisotopic (exact) mass is 199 g/mol. The van der Waals surface area contributed by atoms with E-state index in [-0.39, 0.29) is 11.1 Å². The molecule has 4 nitrogen and oxygen atoms in total. The maximum atomic E-state index is 11.2. The van der Waals surface area contributed by atoms with Crippen molar-refractivity contribution in [1.82, 2.24) is 10.6 Å². The summed E-state index contributed by atoms with van der Waals surface area (Å²) in [5.41, 5.74) is 0. The number of carbonyl (C=O) groups is 1. The molecule has 0 saturated carbocycles. The second kappa shape index (κ2) is 2.87. The molecular weight excluding hydrogens is 194 g/mol. The lowest BCUT2D eigenvalue weighted by Gasteiger charge is -1.98. The van der Waals surface area contributed by atoms with Crippen LogP contribution in [0, 0.1) is 5.41 Å². The fraction of sp³-hybridized carbons (Fsp3) is 0. The highest BCUT2D eigenvalue weighted by Crippen LogP contribution is 2.32. The van der Waals surface area contributed by atoms with Crippen molar-refractivity contribution < 1.29 is 4.79 Å². The molecule has 1 amide bonds. The first-order valence-electron chi connectivity index (χ1n) is 3.17. The highest BCUT2D eigenvalue weighted by atomic mass is 32.2. The second-order valence-electron chi connectivity index (χ2n) is 2.11. The zero-order valence-corrected chi connectivity index (χ0v) is 7.51. The third kappa shape index (κ3) is 1.23. The Morgan fingerprint density at radius 3 is 2.83 bits per heavy atom. The first-order chi connectivity index (χ1) is 5.77. The van der Waals surface area contributed by atoms with Crippen LogP contribution in [0.3, 0.4) is 0 Å². The summed E-state index contributed by atoms with van der Waals surface area (Å²) in [5.74, 6) is -0.191. The first-order valence-corrected chi connectivity index (χ1v) is 4.87. The van der Waals surface area contributed by atoms with Crippen LogP contribution in [-0.4, -0.2) is 11.1 Å². The Bertz CT molecular complexity index is 311. The Balaban J connectivity index is 2.29. The standard InChI is InChI=1S/C6H5N3OS2/c7-6-9-4(10)3(12-6)5-8-1-2-11-5/h1-2,8H,(H2,7,9,10)/b5-3-. The molecule has 0 aromatic heterocycles. The van der Waals surface area contributed by atoms with E-state index in [1.165, 1.54) is 11.8 Å². The zero-order chi connectivity index (χ0) is 8.55. The second-order valence-corrected chi connectivity index (χ2v) is 4.05. The molecular formula is C6H5N3OS2. The average Bonchev–Trinajstić information content (AvgIpc) is 2.58. The predicted octanol–water partition coefficient (Wildman–Crippen LogP) is 0.761. The van der Waals surface area contributed by atoms with Crippen LogP contribution in [0.1, 0.15) is 0 Å². The van der Waals surface area contributed by atoms with Crippen molar-refractivity contribution >= 4 is 34.6 Å². The number of rotatable bonds is 0. The summed E-state index contributed by atoms with van der Waals surface area (Å²) < 4.78 is 0. The molecule has 2 rings (SSSR count). The summed E-state index contributed by atoms with van der Waals surface area (Å²) in [6.07, 6.45) is 1.77. The van der Waals surface area contributed by atoms with E-state index in [9.17, 15) is 4.79 Å². The van der Waals surface area contributed by atoms with Crippen molar-refractivity contribution in [3.8, 4) is 0 Å². The van der Waals surface area contributed by atoms with E-state index in [4.69, 9.17) is 5.41 Å². The smallest absolute Gasteiger partial charge is 0.266 e. The third-order valence-corrected chi connectivity index (χ3v) is 3.17. The number of thioether (sulfide) groups is 2. The van der Waals surface area contributed by atoms with Gasteiger partial charge in [-0.3, -0.25) is 10.2 Å². The summed E-state index contributed by atoms with van der Waals surface area (Å²) in [6.45, 7) is 0. The molecule has 1 fully saturated rings. The maximum Gasteiger partial charge on any atom is 0.266 e. The van der Waals surface area contributed by atoms with Crippen LogP contribution in [0.2, 0.25) is 0 Å². The van der Waals surface area contributed by atoms with Crippen LogP contribution in [0.5, 0.6) is 0 Å². The van der Waals surface area contributed by atoms with Gasteiger partial charge < -0.3 is 10.6 Å². The van der Waals surface area contributed by atoms with Gasteiger partial charge in [-0.25, -0.2) is 0 Å². The SMILES string of the molecule is N=C1NC(=O)/C(=C2\NC=CS2)S1. The van der Waals surface area contributed by atoms with Crippen LogP contribution in [-0.2, 0) is 4.79 Å². The van der Waals surface area contributed by atoms with Gasteiger partial charge in [-0.15, -0.1) is 0 Å². The van der Waals surface area contributed by atoms with E-state index >= 15 is 0 Å². The van der Waals surface area contributed by atoms with Crippen molar-refractivity contribution in [1.29, 1.82) is 5.41 Å². The van der Waals surface area contributed by atoms with Gasteiger partial charge >= 0.3 is 0 Å². The zero-order valence-electron chi connectivity index (χ0n) is 5.88. The van der Waals surface area contributed by atoms with Crippen LogP contribution >= 0.6 is 23.5 Å². The molecule has 62 valence electrons. The minimum Gasteiger partial charge on any atom is -0.355 e. The summed E-state index contributed by atoms with van der Waals surface area (Å²) in [6, 6.07) is 0. The molecule has 0 aromatic rings. The van der Waals surface area contributed by atoms with Gasteiger partial charge in [-0.05, 0) is 17.2 Å². The molecule has 3 N–H and O–H groups in total. The fourth-order valence-electron chi connectivity index (χ4n) is 0.848. The van der Waals surface area contributed by atoms with Gasteiger partial charge in [0.25, 0.3) is 5.91 Å². The molecule has 2 aliphatic rings. The van der Waals surface area contributed by atoms with Crippen LogP contribution in [0.4, 0.5) is 0 Å². The van der Waals surface area contributed by atoms with E-state index in [2.05, 4.69) is 10.6 Å². The molecule has 0 atom stereocenters. The Morgan fingerprint density at radius 2 is 2.33 bits per heavy atom. The van der Waals surface area contributed by atoms with E-state index in [0.29, 0.717) is 4.91 Å². The highest BCUT2D eigenvalue weighted by Gasteiger charge is 2.26. The van der Waals surface area contributed by atoms with E-state index in [0.717, 1.165) is 16.8 Å². The Labute approximate surface area is 77.4 Å². The maximum absolute atomic E-state index is 11.2. The summed E-state index contributed by atoms with van der Waals surface area (Å²) in [4.78, 5) is 11.7. The quantitative estimate of drug-likeness (QED) is 0.504. The van der Waals surface area contributed by atoms with Crippen molar-refractivity contribution in [2.24, 2.45) is 0 Å². The lowest BCUT2D eigenvalue weighted by atomic mass is 10.5. The molecule has 1 saturated heterocycles. The van der Waals surface area contributed by atoms with Crippen LogP contribution in [0.15, 0.2) is 21.5 Å². The minimum atomic E-state index is -0.191. The van der Waals surface area contributed by atoms with Crippen molar-refractivity contribution in [2.75, 3.05) is 0 Å². The highest BCUT2D eigenvalue weighted by molar-refractivity contribution is 8.19. The molecule has 12 heavy (non-hydrogen) atoms. The number of amidine groups is 1. The first kappa shape index (κ1) is 7.75. The van der Waals surface area contributed by atoms with Gasteiger partial charge in [-0.2, -0.15) is 0 Å². The normalized spacial score (nSPS) is 27.7. The summed E-state index contributed by atoms with van der Waals surface area (Å²) in [7, 11) is 0. The molecule has 2 heterocycles. The topological polar surface area (TPSA) is 65.0 Å². The number of carbonyl (C=O) groups excluding carboxylic acids is 1. The molecule has 0 radical (unpaired) electrons. The number of hydrogen-bond donors (Lipinski definition) is 3. The molecule has 0 aromatic carbocycles. The molecule has 2 aliphatic heterocycles. The molecule has 0 aliphatic carbocycles. The lowest BCUT2D eigenvalue weighted by molar-refractivity contribution is -0.115. The lowest BCUT2D eigenvalue weighted by Crippen LogP contribution is -2.19. The van der Waals surface area contributed by atoms with Crippen molar-refractivity contribution in [3.05, 3.63) is 21.5 Å². The van der Waals surface area contributed by atoms with Gasteiger partial charge in [0.05, 0.1) is 5.03 Å². The Kier molecular flexibility index (Phi) is 1.86. The Morgan fingerprint density at radius 1 is 1.50 bits per heavy atom. The Hall–Kier alpha value is -0.880. The van der Waals surface area contributed by atoms with E-state index in [1.54, 1.807) is 6.20 Å². The summed E-state index contributed by atoms with van der Waals surface area (Å²) in [5, 5.41) is 15.4. The van der Waals surface area contributed by atoms with Crippen molar-refractivity contribution in [3.63, 3.8) is 0 Å². The summed E-state index contributed by atoms with van der Waals surface area (Å²) >= 11 is 2.60. The van der Waals surface area contributed by atoms with Gasteiger partial charge in [0, 0.05) is 6.20 Å². The molecule has 0 unspecified atom stereocenters. The van der Waals surface area contributed by atoms with Crippen LogP contribution in [0.25, 0.3) is 0 Å². The van der Waals surface area contributed by atoms with Gasteiger partial charge in [0.1, 0.15) is 4.91 Å². The number of amides is 1. The van der Waals surface area contributed by atoms with E-state index < -0.39 is 0 Å². The van der Waals surface area contributed by atoms with Gasteiger partial charge in [0.2, 0.25) is 0 Å². The minimum absolute atomic E-state index is 0.191. The van der Waals surface area contributed by atoms with Gasteiger partial charge in [0.15, 0.2) is 5.17 Å². The third-order valence-electron chi connectivity index (χ3n) is 1.31. The van der Waals surface area contributed by atoms with Crippen LogP contribution < -0.4 is 10.6 Å². The number of nitrogens with one attached hydrogen (secondary N) is 3. The van der Waals surface area contributed by atoms with E-state index in [1.807, 2.05) is 5.41 Å². The fourth-order valence-corrected chi connectivity index (χ4v) is 2.37. The molecule has 6 heteroatoms.